The first-order valence-electron chi connectivity index (χ1n) is 10.3. The minimum Gasteiger partial charge on any atom is -0.497 e. The summed E-state index contributed by atoms with van der Waals surface area (Å²) in [5.41, 5.74) is 2.38. The number of rotatable bonds is 7. The van der Waals surface area contributed by atoms with Crippen LogP contribution in [0.2, 0.25) is 0 Å². The summed E-state index contributed by atoms with van der Waals surface area (Å²) in [6.45, 7) is 2.19. The highest BCUT2D eigenvalue weighted by atomic mass is 32.1. The van der Waals surface area contributed by atoms with E-state index in [-0.39, 0.29) is 23.1 Å². The summed E-state index contributed by atoms with van der Waals surface area (Å²) in [6, 6.07) is 9.97. The number of methoxy groups -OCH3 is 1. The van der Waals surface area contributed by atoms with Gasteiger partial charge in [-0.25, -0.2) is 0 Å². The number of carbonyl (C=O) groups is 2. The molecule has 1 aromatic heterocycles. The summed E-state index contributed by atoms with van der Waals surface area (Å²) in [6.07, 6.45) is 4.13. The highest BCUT2D eigenvalue weighted by molar-refractivity contribution is 7.08. The molecule has 4 rings (SSSR count). The molecular weight excluding hydrogens is 384 g/mol. The summed E-state index contributed by atoms with van der Waals surface area (Å²) in [7, 11) is 1.66. The number of ether oxygens (including phenoxy) is 1. The van der Waals surface area contributed by atoms with Crippen LogP contribution in [0, 0.1) is 11.3 Å². The number of likely N-dealkylation sites (tertiary alicyclic amines) is 1. The Bertz CT molecular complexity index is 857. The maximum Gasteiger partial charge on any atom is 0.227 e. The summed E-state index contributed by atoms with van der Waals surface area (Å²) in [5.74, 6) is 1.33. The molecule has 0 bridgehead atoms. The molecule has 29 heavy (non-hydrogen) atoms. The summed E-state index contributed by atoms with van der Waals surface area (Å²) in [4.78, 5) is 27.1. The van der Waals surface area contributed by atoms with Crippen molar-refractivity contribution in [1.29, 1.82) is 0 Å². The number of carbonyl (C=O) groups excluding carboxylic acids is 2. The van der Waals surface area contributed by atoms with Crippen molar-refractivity contribution < 1.29 is 14.3 Å². The molecule has 1 aromatic carbocycles. The minimum absolute atomic E-state index is 0.113. The lowest BCUT2D eigenvalue weighted by Crippen LogP contribution is -2.41. The Morgan fingerprint density at radius 1 is 1.24 bits per heavy atom. The number of hydrogen-bond acceptors (Lipinski definition) is 4. The van der Waals surface area contributed by atoms with E-state index >= 15 is 0 Å². The van der Waals surface area contributed by atoms with Crippen LogP contribution in [-0.2, 0) is 22.4 Å². The zero-order valence-electron chi connectivity index (χ0n) is 16.9. The number of piperidine rings is 1. The molecule has 5 nitrogen and oxygen atoms in total. The molecule has 0 radical (unpaired) electrons. The second-order valence-corrected chi connectivity index (χ2v) is 8.98. The quantitative estimate of drug-likeness (QED) is 0.759. The average Bonchev–Trinajstić information content (AvgIpc) is 3.18. The molecule has 6 heteroatoms. The molecule has 1 spiro atoms. The van der Waals surface area contributed by atoms with E-state index in [4.69, 9.17) is 4.74 Å². The zero-order valence-corrected chi connectivity index (χ0v) is 17.7. The van der Waals surface area contributed by atoms with Crippen LogP contribution >= 0.6 is 11.3 Å². The Kier molecular flexibility index (Phi) is 5.90. The highest BCUT2D eigenvalue weighted by Gasteiger charge is 2.58. The molecule has 0 unspecified atom stereocenters. The van der Waals surface area contributed by atoms with Gasteiger partial charge in [-0.1, -0.05) is 12.1 Å². The molecule has 154 valence electrons. The van der Waals surface area contributed by atoms with Crippen LogP contribution in [-0.4, -0.2) is 43.5 Å². The molecule has 2 aliphatic rings. The predicted molar refractivity (Wildman–Crippen MR) is 114 cm³/mol. The van der Waals surface area contributed by atoms with Gasteiger partial charge in [0.2, 0.25) is 11.8 Å². The Morgan fingerprint density at radius 2 is 2.07 bits per heavy atom. The third kappa shape index (κ3) is 4.64. The van der Waals surface area contributed by atoms with E-state index in [0.29, 0.717) is 13.0 Å². The topological polar surface area (TPSA) is 58.6 Å². The Hall–Kier alpha value is -2.34. The van der Waals surface area contributed by atoms with Gasteiger partial charge in [0.1, 0.15) is 5.75 Å². The smallest absolute Gasteiger partial charge is 0.227 e. The van der Waals surface area contributed by atoms with E-state index in [1.807, 2.05) is 39.9 Å². The van der Waals surface area contributed by atoms with Gasteiger partial charge < -0.3 is 15.0 Å². The van der Waals surface area contributed by atoms with Gasteiger partial charge >= 0.3 is 0 Å². The Balaban J connectivity index is 1.20. The van der Waals surface area contributed by atoms with Crippen LogP contribution < -0.4 is 10.1 Å². The fourth-order valence-electron chi connectivity index (χ4n) is 4.43. The number of nitrogens with zero attached hydrogens (tertiary/aromatic N) is 1. The normalized spacial score (nSPS) is 19.8. The van der Waals surface area contributed by atoms with Crippen molar-refractivity contribution >= 4 is 23.2 Å². The van der Waals surface area contributed by atoms with Gasteiger partial charge in [0, 0.05) is 25.6 Å². The maximum absolute atomic E-state index is 12.6. The molecule has 1 aliphatic heterocycles. The third-order valence-electron chi connectivity index (χ3n) is 6.40. The van der Waals surface area contributed by atoms with Crippen molar-refractivity contribution in [3.63, 3.8) is 0 Å². The van der Waals surface area contributed by atoms with E-state index < -0.39 is 0 Å². The first kappa shape index (κ1) is 20.0. The largest absolute Gasteiger partial charge is 0.497 e. The minimum atomic E-state index is 0.113. The molecule has 2 heterocycles. The zero-order chi connectivity index (χ0) is 20.3. The molecule has 1 saturated heterocycles. The first-order valence-corrected chi connectivity index (χ1v) is 11.2. The third-order valence-corrected chi connectivity index (χ3v) is 7.13. The van der Waals surface area contributed by atoms with E-state index in [0.717, 1.165) is 55.6 Å². The second kappa shape index (κ2) is 8.57. The fourth-order valence-corrected chi connectivity index (χ4v) is 5.10. The van der Waals surface area contributed by atoms with Crippen molar-refractivity contribution in [2.45, 2.75) is 32.1 Å². The molecule has 2 aromatic rings. The Labute approximate surface area is 176 Å². The van der Waals surface area contributed by atoms with Crippen LogP contribution in [0.25, 0.3) is 0 Å². The van der Waals surface area contributed by atoms with Gasteiger partial charge in [0.05, 0.1) is 13.5 Å². The van der Waals surface area contributed by atoms with Crippen LogP contribution in [0.1, 0.15) is 30.4 Å². The van der Waals surface area contributed by atoms with Gasteiger partial charge in [-0.05, 0) is 71.2 Å². The van der Waals surface area contributed by atoms with Gasteiger partial charge in [0.25, 0.3) is 0 Å². The van der Waals surface area contributed by atoms with Crippen molar-refractivity contribution in [3.05, 3.63) is 52.2 Å². The molecule has 2 amide bonds. The van der Waals surface area contributed by atoms with E-state index in [2.05, 4.69) is 11.4 Å². The molecule has 1 N–H and O–H groups in total. The first-order chi connectivity index (χ1) is 14.1. The molecule has 1 saturated carbocycles. The Morgan fingerprint density at radius 3 is 2.79 bits per heavy atom. The lowest BCUT2D eigenvalue weighted by atomic mass is 9.90. The van der Waals surface area contributed by atoms with Gasteiger partial charge in [0.15, 0.2) is 0 Å². The summed E-state index contributed by atoms with van der Waals surface area (Å²) < 4.78 is 5.25. The van der Waals surface area contributed by atoms with Crippen molar-refractivity contribution in [2.24, 2.45) is 11.3 Å². The number of hydrogen-bond donors (Lipinski definition) is 1. The molecule has 1 aliphatic carbocycles. The number of thiophene rings is 1. The summed E-state index contributed by atoms with van der Waals surface area (Å²) in [5, 5.41) is 7.15. The van der Waals surface area contributed by atoms with Crippen LogP contribution in [0.15, 0.2) is 41.1 Å². The SMILES string of the molecule is COc1cccc(CCNC(=O)[C@H]2CC23CCN(C(=O)Cc2ccsc2)CC3)c1. The van der Waals surface area contributed by atoms with Crippen LogP contribution in [0.4, 0.5) is 0 Å². The number of benzene rings is 1. The second-order valence-electron chi connectivity index (χ2n) is 8.20. The van der Waals surface area contributed by atoms with Gasteiger partial charge in [-0.2, -0.15) is 11.3 Å². The highest BCUT2D eigenvalue weighted by Crippen LogP contribution is 2.59. The van der Waals surface area contributed by atoms with Crippen molar-refractivity contribution in [1.82, 2.24) is 10.2 Å². The predicted octanol–water partition coefficient (Wildman–Crippen LogP) is 3.29. The monoisotopic (exact) mass is 412 g/mol. The average molecular weight is 413 g/mol. The van der Waals surface area contributed by atoms with E-state index in [1.54, 1.807) is 18.4 Å². The standard InChI is InChI=1S/C23H28N2O3S/c1-28-19-4-2-3-17(13-19)5-9-24-22(27)20-15-23(20)7-10-25(11-8-23)21(26)14-18-6-12-29-16-18/h2-4,6,12-13,16,20H,5,7-11,14-15H2,1H3,(H,24,27)/t20-/m1/s1. The van der Waals surface area contributed by atoms with Crippen LogP contribution in [0.3, 0.4) is 0 Å². The van der Waals surface area contributed by atoms with Crippen molar-refractivity contribution in [3.8, 4) is 5.75 Å². The van der Waals surface area contributed by atoms with Crippen molar-refractivity contribution in [2.75, 3.05) is 26.7 Å². The number of amides is 2. The maximum atomic E-state index is 12.6. The lowest BCUT2D eigenvalue weighted by molar-refractivity contribution is -0.132. The van der Waals surface area contributed by atoms with E-state index in [1.165, 1.54) is 0 Å². The number of nitrogens with one attached hydrogen (secondary N) is 1. The van der Waals surface area contributed by atoms with Crippen LogP contribution in [0.5, 0.6) is 5.75 Å². The molecule has 2 fully saturated rings. The summed E-state index contributed by atoms with van der Waals surface area (Å²) >= 11 is 1.63. The molecule has 1 atom stereocenters. The van der Waals surface area contributed by atoms with Gasteiger partial charge in [-0.3, -0.25) is 9.59 Å². The van der Waals surface area contributed by atoms with E-state index in [9.17, 15) is 9.59 Å². The van der Waals surface area contributed by atoms with Gasteiger partial charge in [-0.15, -0.1) is 0 Å². The molecular formula is C23H28N2O3S. The fraction of sp³-hybridized carbons (Fsp3) is 0.478. The lowest BCUT2D eigenvalue weighted by Gasteiger charge is -2.33.